The molecule has 112 valence electrons. The molecule has 2 aromatic rings. The lowest BCUT2D eigenvalue weighted by Crippen LogP contribution is -2.36. The molecule has 0 radical (unpaired) electrons. The van der Waals surface area contributed by atoms with Crippen LogP contribution in [0.5, 0.6) is 0 Å². The van der Waals surface area contributed by atoms with Gasteiger partial charge in [0.25, 0.3) is 0 Å². The summed E-state index contributed by atoms with van der Waals surface area (Å²) in [4.78, 5) is 26.5. The predicted molar refractivity (Wildman–Crippen MR) is 84.8 cm³/mol. The van der Waals surface area contributed by atoms with Gasteiger partial charge in [0.05, 0.1) is 12.0 Å². The van der Waals surface area contributed by atoms with Crippen LogP contribution in [0.1, 0.15) is 24.5 Å². The molecule has 22 heavy (non-hydrogen) atoms. The van der Waals surface area contributed by atoms with E-state index in [0.29, 0.717) is 12.2 Å². The van der Waals surface area contributed by atoms with E-state index in [1.54, 1.807) is 12.1 Å². The largest absolute Gasteiger partial charge is 0.399 e. The van der Waals surface area contributed by atoms with Crippen molar-refractivity contribution in [2.75, 3.05) is 5.73 Å². The molecule has 1 aliphatic heterocycles. The first kappa shape index (κ1) is 14.3. The second-order valence-electron chi connectivity index (χ2n) is 5.90. The van der Waals surface area contributed by atoms with Crippen LogP contribution in [-0.2, 0) is 21.5 Å². The normalized spacial score (nSPS) is 21.4. The molecule has 1 heterocycles. The maximum Gasteiger partial charge on any atom is 0.240 e. The van der Waals surface area contributed by atoms with Crippen LogP contribution in [0, 0.1) is 0 Å². The minimum absolute atomic E-state index is 0.131. The summed E-state index contributed by atoms with van der Waals surface area (Å²) < 4.78 is 0. The molecule has 1 saturated heterocycles. The summed E-state index contributed by atoms with van der Waals surface area (Å²) in [5, 5.41) is 0. The molecule has 4 heteroatoms. The summed E-state index contributed by atoms with van der Waals surface area (Å²) >= 11 is 0. The quantitative estimate of drug-likeness (QED) is 0.698. The summed E-state index contributed by atoms with van der Waals surface area (Å²) in [6.45, 7) is 2.15. The molecule has 0 aromatic heterocycles. The van der Waals surface area contributed by atoms with E-state index in [1.807, 2.05) is 49.4 Å². The Kier molecular flexibility index (Phi) is 3.45. The molecule has 1 unspecified atom stereocenters. The van der Waals surface area contributed by atoms with Crippen molar-refractivity contribution >= 4 is 17.5 Å². The molecule has 3 rings (SSSR count). The molecule has 2 amide bonds. The number of amides is 2. The fourth-order valence-corrected chi connectivity index (χ4v) is 2.89. The van der Waals surface area contributed by atoms with Crippen LogP contribution in [0.4, 0.5) is 5.69 Å². The summed E-state index contributed by atoms with van der Waals surface area (Å²) in [5.74, 6) is -0.278. The van der Waals surface area contributed by atoms with Crippen LogP contribution in [0.15, 0.2) is 54.6 Å². The minimum atomic E-state index is -0.806. The van der Waals surface area contributed by atoms with Gasteiger partial charge in [0.15, 0.2) is 0 Å². The highest BCUT2D eigenvalue weighted by Gasteiger charge is 2.49. The Morgan fingerprint density at radius 2 is 1.68 bits per heavy atom. The Morgan fingerprint density at radius 1 is 1.05 bits per heavy atom. The van der Waals surface area contributed by atoms with Crippen LogP contribution in [-0.4, -0.2) is 16.7 Å². The van der Waals surface area contributed by atoms with Crippen molar-refractivity contribution in [1.82, 2.24) is 4.90 Å². The van der Waals surface area contributed by atoms with E-state index in [0.717, 1.165) is 11.1 Å². The minimum Gasteiger partial charge on any atom is -0.399 e. The molecule has 0 saturated carbocycles. The van der Waals surface area contributed by atoms with E-state index in [9.17, 15) is 9.59 Å². The molecule has 0 bridgehead atoms. The number of anilines is 1. The lowest BCUT2D eigenvalue weighted by Gasteiger charge is -2.23. The zero-order valence-electron chi connectivity index (χ0n) is 12.5. The van der Waals surface area contributed by atoms with Crippen LogP contribution >= 0.6 is 0 Å². The monoisotopic (exact) mass is 294 g/mol. The van der Waals surface area contributed by atoms with Crippen molar-refractivity contribution in [2.45, 2.75) is 25.3 Å². The van der Waals surface area contributed by atoms with Crippen LogP contribution < -0.4 is 5.73 Å². The number of carbonyl (C=O) groups is 2. The number of nitrogens with zero attached hydrogens (tertiary/aromatic N) is 1. The third-order valence-electron chi connectivity index (χ3n) is 4.25. The number of likely N-dealkylation sites (tertiary alicyclic amines) is 1. The molecule has 4 nitrogen and oxygen atoms in total. The SMILES string of the molecule is CC1(c2ccc(N)cc2)CC(=O)N(Cc2ccccc2)C1=O. The number of carbonyl (C=O) groups excluding carboxylic acids is 2. The Morgan fingerprint density at radius 3 is 2.32 bits per heavy atom. The fraction of sp³-hybridized carbons (Fsp3) is 0.222. The zero-order chi connectivity index (χ0) is 15.7. The van der Waals surface area contributed by atoms with Gasteiger partial charge in [0, 0.05) is 12.1 Å². The van der Waals surface area contributed by atoms with Crippen molar-refractivity contribution in [3.63, 3.8) is 0 Å². The van der Waals surface area contributed by atoms with Crippen LogP contribution in [0.25, 0.3) is 0 Å². The summed E-state index contributed by atoms with van der Waals surface area (Å²) in [5.41, 5.74) is 7.31. The number of rotatable bonds is 3. The van der Waals surface area contributed by atoms with Crippen molar-refractivity contribution in [3.8, 4) is 0 Å². The van der Waals surface area contributed by atoms with Crippen molar-refractivity contribution in [3.05, 3.63) is 65.7 Å². The second kappa shape index (κ2) is 5.30. The zero-order valence-corrected chi connectivity index (χ0v) is 12.5. The van der Waals surface area contributed by atoms with Gasteiger partial charge in [-0.25, -0.2) is 0 Å². The Bertz CT molecular complexity index is 710. The smallest absolute Gasteiger partial charge is 0.240 e. The number of hydrogen-bond donors (Lipinski definition) is 1. The standard InChI is InChI=1S/C18H18N2O2/c1-18(14-7-9-15(19)10-8-14)11-16(21)20(17(18)22)12-13-5-3-2-4-6-13/h2-10H,11-12,19H2,1H3. The highest BCUT2D eigenvalue weighted by atomic mass is 16.2. The van der Waals surface area contributed by atoms with Gasteiger partial charge in [-0.1, -0.05) is 42.5 Å². The summed E-state index contributed by atoms with van der Waals surface area (Å²) in [6.07, 6.45) is 0.197. The summed E-state index contributed by atoms with van der Waals surface area (Å²) in [6, 6.07) is 16.7. The van der Waals surface area contributed by atoms with Gasteiger partial charge in [-0.05, 0) is 30.2 Å². The van der Waals surface area contributed by atoms with E-state index >= 15 is 0 Å². The Hall–Kier alpha value is -2.62. The lowest BCUT2D eigenvalue weighted by molar-refractivity contribution is -0.140. The van der Waals surface area contributed by atoms with Gasteiger partial charge >= 0.3 is 0 Å². The number of nitrogens with two attached hydrogens (primary N) is 1. The number of imide groups is 1. The van der Waals surface area contributed by atoms with Gasteiger partial charge in [-0.2, -0.15) is 0 Å². The molecule has 1 atom stereocenters. The third-order valence-corrected chi connectivity index (χ3v) is 4.25. The van der Waals surface area contributed by atoms with Gasteiger partial charge in [0.1, 0.15) is 0 Å². The molecule has 0 aliphatic carbocycles. The first-order chi connectivity index (χ1) is 10.5. The van der Waals surface area contributed by atoms with E-state index in [1.165, 1.54) is 4.90 Å². The van der Waals surface area contributed by atoms with Crippen molar-refractivity contribution < 1.29 is 9.59 Å². The fourth-order valence-electron chi connectivity index (χ4n) is 2.89. The maximum absolute atomic E-state index is 12.8. The van der Waals surface area contributed by atoms with Gasteiger partial charge in [0.2, 0.25) is 11.8 Å². The highest BCUT2D eigenvalue weighted by molar-refractivity contribution is 6.08. The van der Waals surface area contributed by atoms with E-state index in [4.69, 9.17) is 5.73 Å². The van der Waals surface area contributed by atoms with E-state index in [-0.39, 0.29) is 18.2 Å². The van der Waals surface area contributed by atoms with Crippen molar-refractivity contribution in [1.29, 1.82) is 0 Å². The molecule has 1 fully saturated rings. The van der Waals surface area contributed by atoms with Crippen LogP contribution in [0.3, 0.4) is 0 Å². The average molecular weight is 294 g/mol. The molecule has 2 N–H and O–H groups in total. The summed E-state index contributed by atoms with van der Waals surface area (Å²) in [7, 11) is 0. The van der Waals surface area contributed by atoms with Crippen LogP contribution in [0.2, 0.25) is 0 Å². The maximum atomic E-state index is 12.8. The number of nitrogen functional groups attached to an aromatic ring is 1. The van der Waals surface area contributed by atoms with E-state index in [2.05, 4.69) is 0 Å². The average Bonchev–Trinajstić information content (AvgIpc) is 2.73. The van der Waals surface area contributed by atoms with Gasteiger partial charge in [-0.15, -0.1) is 0 Å². The number of benzene rings is 2. The van der Waals surface area contributed by atoms with Crippen molar-refractivity contribution in [2.24, 2.45) is 0 Å². The first-order valence-electron chi connectivity index (χ1n) is 7.25. The Labute approximate surface area is 129 Å². The highest BCUT2D eigenvalue weighted by Crippen LogP contribution is 2.37. The van der Waals surface area contributed by atoms with E-state index < -0.39 is 5.41 Å². The first-order valence-corrected chi connectivity index (χ1v) is 7.25. The number of hydrogen-bond acceptors (Lipinski definition) is 3. The third kappa shape index (κ3) is 2.37. The lowest BCUT2D eigenvalue weighted by atomic mass is 9.81. The molecule has 1 aliphatic rings. The van der Waals surface area contributed by atoms with Gasteiger partial charge in [-0.3, -0.25) is 14.5 Å². The molecule has 0 spiro atoms. The topological polar surface area (TPSA) is 63.4 Å². The molecular weight excluding hydrogens is 276 g/mol. The predicted octanol–water partition coefficient (Wildman–Crippen LogP) is 2.49. The molecular formula is C18H18N2O2. The Balaban J connectivity index is 1.89. The second-order valence-corrected chi connectivity index (χ2v) is 5.90. The van der Waals surface area contributed by atoms with Gasteiger partial charge < -0.3 is 5.73 Å². The molecule has 2 aromatic carbocycles.